The Labute approximate surface area is 98.4 Å². The second-order valence-corrected chi connectivity index (χ2v) is 5.66. The van der Waals surface area contributed by atoms with Gasteiger partial charge in [-0.15, -0.1) is 0 Å². The maximum Gasteiger partial charge on any atom is 0.0374 e. The molecule has 0 spiro atoms. The van der Waals surface area contributed by atoms with Crippen LogP contribution in [-0.2, 0) is 0 Å². The zero-order chi connectivity index (χ0) is 11.9. The quantitative estimate of drug-likeness (QED) is 0.785. The predicted octanol–water partition coefficient (Wildman–Crippen LogP) is 2.62. The molecule has 1 fully saturated rings. The van der Waals surface area contributed by atoms with Crippen molar-refractivity contribution < 1.29 is 0 Å². The van der Waals surface area contributed by atoms with Crippen molar-refractivity contribution in [3.63, 3.8) is 0 Å². The molecule has 2 heteroatoms. The first-order valence-electron chi connectivity index (χ1n) is 6.00. The number of hydrogen-bond acceptors (Lipinski definition) is 2. The van der Waals surface area contributed by atoms with Crippen LogP contribution in [0, 0.1) is 13.8 Å². The lowest BCUT2D eigenvalue weighted by molar-refractivity contribution is 0.506. The fourth-order valence-electron chi connectivity index (χ4n) is 2.65. The highest BCUT2D eigenvalue weighted by Crippen LogP contribution is 2.33. The summed E-state index contributed by atoms with van der Waals surface area (Å²) in [5.74, 6) is 0. The van der Waals surface area contributed by atoms with Crippen molar-refractivity contribution in [3.8, 4) is 0 Å². The lowest BCUT2D eigenvalue weighted by atomic mass is 9.99. The Balaban J connectivity index is 2.34. The van der Waals surface area contributed by atoms with E-state index in [1.807, 2.05) is 0 Å². The highest BCUT2D eigenvalue weighted by atomic mass is 15.2. The molecule has 2 N–H and O–H groups in total. The molecule has 0 aliphatic carbocycles. The third kappa shape index (κ3) is 1.94. The lowest BCUT2D eigenvalue weighted by Crippen LogP contribution is -2.38. The molecule has 1 heterocycles. The van der Waals surface area contributed by atoms with Gasteiger partial charge >= 0.3 is 0 Å². The predicted molar refractivity (Wildman–Crippen MR) is 69.9 cm³/mol. The van der Waals surface area contributed by atoms with Crippen molar-refractivity contribution in [1.29, 1.82) is 0 Å². The molecule has 0 radical (unpaired) electrons. The van der Waals surface area contributed by atoms with Gasteiger partial charge in [0.05, 0.1) is 0 Å². The fourth-order valence-corrected chi connectivity index (χ4v) is 2.65. The molecule has 1 aliphatic rings. The third-order valence-electron chi connectivity index (χ3n) is 3.71. The molecule has 1 aromatic carbocycles. The van der Waals surface area contributed by atoms with Crippen molar-refractivity contribution in [2.24, 2.45) is 5.73 Å². The highest BCUT2D eigenvalue weighted by Gasteiger charge is 2.36. The Kier molecular flexibility index (Phi) is 2.70. The van der Waals surface area contributed by atoms with Crippen molar-refractivity contribution >= 4 is 5.69 Å². The molecule has 1 atom stereocenters. The third-order valence-corrected chi connectivity index (χ3v) is 3.71. The molecular formula is C14H22N2. The highest BCUT2D eigenvalue weighted by molar-refractivity contribution is 5.54. The summed E-state index contributed by atoms with van der Waals surface area (Å²) in [5.41, 5.74) is 10.3. The van der Waals surface area contributed by atoms with Gasteiger partial charge in [0.2, 0.25) is 0 Å². The summed E-state index contributed by atoms with van der Waals surface area (Å²) in [4.78, 5) is 2.43. The monoisotopic (exact) mass is 218 g/mol. The molecule has 1 aromatic rings. The van der Waals surface area contributed by atoms with E-state index in [9.17, 15) is 0 Å². The smallest absolute Gasteiger partial charge is 0.0374 e. The Morgan fingerprint density at radius 1 is 1.25 bits per heavy atom. The van der Waals surface area contributed by atoms with Crippen molar-refractivity contribution in [1.82, 2.24) is 0 Å². The molecule has 0 bridgehead atoms. The van der Waals surface area contributed by atoms with Gasteiger partial charge in [0, 0.05) is 23.8 Å². The Bertz CT molecular complexity index is 396. The van der Waals surface area contributed by atoms with E-state index in [0.29, 0.717) is 6.04 Å². The van der Waals surface area contributed by atoms with E-state index in [4.69, 9.17) is 5.73 Å². The van der Waals surface area contributed by atoms with E-state index in [1.54, 1.807) is 0 Å². The van der Waals surface area contributed by atoms with Gasteiger partial charge < -0.3 is 10.6 Å². The topological polar surface area (TPSA) is 29.3 Å². The van der Waals surface area contributed by atoms with Crippen LogP contribution in [0.2, 0.25) is 0 Å². The average molecular weight is 218 g/mol. The number of benzene rings is 1. The van der Waals surface area contributed by atoms with Crippen LogP contribution in [-0.4, -0.2) is 18.1 Å². The van der Waals surface area contributed by atoms with Gasteiger partial charge in [-0.25, -0.2) is 0 Å². The Morgan fingerprint density at radius 2 is 1.94 bits per heavy atom. The van der Waals surface area contributed by atoms with Gasteiger partial charge in [-0.1, -0.05) is 6.07 Å². The zero-order valence-corrected chi connectivity index (χ0v) is 10.7. The van der Waals surface area contributed by atoms with E-state index in [2.05, 4.69) is 50.8 Å². The van der Waals surface area contributed by atoms with Crippen LogP contribution in [0.25, 0.3) is 0 Å². The van der Waals surface area contributed by atoms with Crippen LogP contribution in [0.3, 0.4) is 0 Å². The number of nitrogens with two attached hydrogens (primary N) is 1. The SMILES string of the molecule is Cc1ccc(N2CC(N)CC2(C)C)cc1C. The minimum Gasteiger partial charge on any atom is -0.365 e. The van der Waals surface area contributed by atoms with E-state index in [1.165, 1.54) is 16.8 Å². The fraction of sp³-hybridized carbons (Fsp3) is 0.571. The Morgan fingerprint density at radius 3 is 2.44 bits per heavy atom. The molecular weight excluding hydrogens is 196 g/mol. The van der Waals surface area contributed by atoms with Crippen LogP contribution >= 0.6 is 0 Å². The minimum absolute atomic E-state index is 0.182. The molecule has 1 aliphatic heterocycles. The standard InChI is InChI=1S/C14H22N2/c1-10-5-6-13(7-11(10)2)16-9-12(15)8-14(16,3)4/h5-7,12H,8-9,15H2,1-4H3. The van der Waals surface area contributed by atoms with Gasteiger partial charge in [0.15, 0.2) is 0 Å². The van der Waals surface area contributed by atoms with Gasteiger partial charge in [-0.05, 0) is 57.4 Å². The van der Waals surface area contributed by atoms with Crippen molar-refractivity contribution in [2.45, 2.75) is 45.7 Å². The van der Waals surface area contributed by atoms with E-state index in [-0.39, 0.29) is 5.54 Å². The summed E-state index contributed by atoms with van der Waals surface area (Å²) < 4.78 is 0. The first-order chi connectivity index (χ1) is 7.40. The normalized spacial score (nSPS) is 23.8. The van der Waals surface area contributed by atoms with E-state index in [0.717, 1.165) is 13.0 Å². The second-order valence-electron chi connectivity index (χ2n) is 5.66. The molecule has 88 valence electrons. The average Bonchev–Trinajstić information content (AvgIpc) is 2.44. The molecule has 0 amide bonds. The van der Waals surface area contributed by atoms with Crippen LogP contribution in [0.1, 0.15) is 31.4 Å². The van der Waals surface area contributed by atoms with E-state index < -0.39 is 0 Å². The Hall–Kier alpha value is -1.02. The van der Waals surface area contributed by atoms with Gasteiger partial charge in [0.25, 0.3) is 0 Å². The molecule has 1 saturated heterocycles. The maximum atomic E-state index is 6.06. The van der Waals surface area contributed by atoms with Crippen LogP contribution in [0.5, 0.6) is 0 Å². The summed E-state index contributed by atoms with van der Waals surface area (Å²) in [6.07, 6.45) is 1.07. The second kappa shape index (κ2) is 3.77. The van der Waals surface area contributed by atoms with Crippen LogP contribution < -0.4 is 10.6 Å². The summed E-state index contributed by atoms with van der Waals surface area (Å²) in [6, 6.07) is 6.98. The molecule has 0 saturated carbocycles. The van der Waals surface area contributed by atoms with Gasteiger partial charge in [-0.2, -0.15) is 0 Å². The summed E-state index contributed by atoms with van der Waals surface area (Å²) in [6.45, 7) is 9.83. The van der Waals surface area contributed by atoms with Crippen LogP contribution in [0.4, 0.5) is 5.69 Å². The largest absolute Gasteiger partial charge is 0.365 e. The molecule has 1 unspecified atom stereocenters. The van der Waals surface area contributed by atoms with Crippen molar-refractivity contribution in [2.75, 3.05) is 11.4 Å². The minimum atomic E-state index is 0.182. The first-order valence-corrected chi connectivity index (χ1v) is 6.00. The molecule has 16 heavy (non-hydrogen) atoms. The summed E-state index contributed by atoms with van der Waals surface area (Å²) >= 11 is 0. The van der Waals surface area contributed by atoms with E-state index >= 15 is 0 Å². The lowest BCUT2D eigenvalue weighted by Gasteiger charge is -2.33. The summed E-state index contributed by atoms with van der Waals surface area (Å²) in [5, 5.41) is 0. The first kappa shape index (κ1) is 11.5. The van der Waals surface area contributed by atoms with Crippen molar-refractivity contribution in [3.05, 3.63) is 29.3 Å². The van der Waals surface area contributed by atoms with Gasteiger partial charge in [-0.3, -0.25) is 0 Å². The number of rotatable bonds is 1. The number of anilines is 1. The summed E-state index contributed by atoms with van der Waals surface area (Å²) in [7, 11) is 0. The van der Waals surface area contributed by atoms with Crippen LogP contribution in [0.15, 0.2) is 18.2 Å². The zero-order valence-electron chi connectivity index (χ0n) is 10.7. The maximum absolute atomic E-state index is 6.06. The number of hydrogen-bond donors (Lipinski definition) is 1. The molecule has 2 rings (SSSR count). The number of nitrogens with zero attached hydrogens (tertiary/aromatic N) is 1. The number of aryl methyl sites for hydroxylation is 2. The molecule has 0 aromatic heterocycles. The van der Waals surface area contributed by atoms with Gasteiger partial charge in [0.1, 0.15) is 0 Å². The molecule has 2 nitrogen and oxygen atoms in total.